The van der Waals surface area contributed by atoms with Gasteiger partial charge in [-0.3, -0.25) is 0 Å². The third kappa shape index (κ3) is 1.73. The maximum Gasteiger partial charge on any atom is 0.455 e. The second-order valence-electron chi connectivity index (χ2n) is 1.43. The number of alkyl halides is 4. The zero-order chi connectivity index (χ0) is 9.28. The summed E-state index contributed by atoms with van der Waals surface area (Å²) in [5, 5.41) is 0. The van der Waals surface area contributed by atoms with Crippen LogP contribution in [0.25, 0.3) is 0 Å². The Morgan fingerprint density at radius 1 is 1.00 bits per heavy atom. The number of hydrogen-bond acceptors (Lipinski definition) is 1. The molecule has 0 amide bonds. The quantitative estimate of drug-likeness (QED) is 0.614. The molecule has 0 heterocycles. The first-order valence-corrected chi connectivity index (χ1v) is 1.99. The van der Waals surface area contributed by atoms with Crippen molar-refractivity contribution in [1.82, 2.24) is 0 Å². The SMILES string of the molecule is FOC(F)(F)C(F)(F)[C](F)F. The first kappa shape index (κ1) is 10.5. The summed E-state index contributed by atoms with van der Waals surface area (Å²) < 4.78 is 77.9. The summed E-state index contributed by atoms with van der Waals surface area (Å²) in [5.41, 5.74) is 0. The van der Waals surface area contributed by atoms with Crippen LogP contribution in [0.1, 0.15) is 0 Å². The second kappa shape index (κ2) is 2.84. The molecule has 0 aliphatic rings. The van der Waals surface area contributed by atoms with E-state index < -0.39 is 18.5 Å². The third-order valence-electron chi connectivity index (χ3n) is 0.700. The number of halogens is 7. The van der Waals surface area contributed by atoms with Gasteiger partial charge in [-0.1, -0.05) is 0 Å². The molecule has 0 saturated heterocycles. The largest absolute Gasteiger partial charge is 0.455 e. The fourth-order valence-corrected chi connectivity index (χ4v) is 0.158. The molecule has 0 unspecified atom stereocenters. The normalized spacial score (nSPS) is 14.2. The van der Waals surface area contributed by atoms with Crippen LogP contribution in [0.2, 0.25) is 0 Å². The zero-order valence-corrected chi connectivity index (χ0v) is 4.55. The molecule has 0 spiro atoms. The van der Waals surface area contributed by atoms with Crippen molar-refractivity contribution in [1.29, 1.82) is 0 Å². The lowest BCUT2D eigenvalue weighted by atomic mass is 10.3. The molecular formula is C3F7O. The van der Waals surface area contributed by atoms with Crippen molar-refractivity contribution in [2.24, 2.45) is 0 Å². The van der Waals surface area contributed by atoms with Crippen LogP contribution in [0.15, 0.2) is 0 Å². The van der Waals surface area contributed by atoms with Crippen LogP contribution in [0, 0.1) is 6.43 Å². The predicted molar refractivity (Wildman–Crippen MR) is 17.5 cm³/mol. The van der Waals surface area contributed by atoms with E-state index in [0.29, 0.717) is 0 Å². The van der Waals surface area contributed by atoms with Crippen molar-refractivity contribution in [3.63, 3.8) is 0 Å². The summed E-state index contributed by atoms with van der Waals surface area (Å²) in [6, 6.07) is 0. The fraction of sp³-hybridized carbons (Fsp3) is 0.667. The van der Waals surface area contributed by atoms with Gasteiger partial charge in [0.25, 0.3) is 0 Å². The summed E-state index contributed by atoms with van der Waals surface area (Å²) in [7, 11) is 0. The monoisotopic (exact) mass is 185 g/mol. The maximum atomic E-state index is 11.4. The topological polar surface area (TPSA) is 9.23 Å². The van der Waals surface area contributed by atoms with Gasteiger partial charge in [-0.05, 0) is 4.53 Å². The maximum absolute atomic E-state index is 11.4. The average Bonchev–Trinajstić information content (AvgIpc) is 1.87. The summed E-state index contributed by atoms with van der Waals surface area (Å²) in [5.74, 6) is -5.90. The smallest absolute Gasteiger partial charge is 0.192 e. The van der Waals surface area contributed by atoms with Gasteiger partial charge in [0.1, 0.15) is 0 Å². The van der Waals surface area contributed by atoms with E-state index in [-0.39, 0.29) is 0 Å². The van der Waals surface area contributed by atoms with Gasteiger partial charge in [0, 0.05) is 0 Å². The van der Waals surface area contributed by atoms with Crippen molar-refractivity contribution in [2.75, 3.05) is 0 Å². The molecule has 1 radical (unpaired) electrons. The molecule has 0 saturated carbocycles. The Kier molecular flexibility index (Phi) is 2.70. The van der Waals surface area contributed by atoms with Crippen molar-refractivity contribution >= 4 is 0 Å². The molecule has 0 bridgehead atoms. The summed E-state index contributed by atoms with van der Waals surface area (Å²) in [6.07, 6.45) is -9.74. The van der Waals surface area contributed by atoms with Crippen LogP contribution in [-0.2, 0) is 4.94 Å². The number of hydrogen-bond donors (Lipinski definition) is 0. The van der Waals surface area contributed by atoms with Crippen molar-refractivity contribution in [3.8, 4) is 0 Å². The lowest BCUT2D eigenvalue weighted by Gasteiger charge is -2.19. The standard InChI is InChI=1S/C3F7O/c4-1(5)2(6,7)3(8,9)11-10. The summed E-state index contributed by atoms with van der Waals surface area (Å²) in [6.45, 7) is 0. The van der Waals surface area contributed by atoms with Crippen molar-refractivity contribution in [2.45, 2.75) is 12.0 Å². The van der Waals surface area contributed by atoms with Gasteiger partial charge in [0.05, 0.1) is 0 Å². The van der Waals surface area contributed by atoms with E-state index in [4.69, 9.17) is 0 Å². The minimum atomic E-state index is -5.90. The Hall–Kier alpha value is -0.530. The van der Waals surface area contributed by atoms with Gasteiger partial charge in [0.15, 0.2) is 0 Å². The van der Waals surface area contributed by atoms with Gasteiger partial charge in [-0.15, -0.1) is 4.94 Å². The second-order valence-corrected chi connectivity index (χ2v) is 1.43. The Bertz CT molecular complexity index is 132. The summed E-state index contributed by atoms with van der Waals surface area (Å²) in [4.78, 5) is 1.38. The molecule has 1 nitrogen and oxygen atoms in total. The zero-order valence-electron chi connectivity index (χ0n) is 4.55. The Morgan fingerprint density at radius 2 is 1.36 bits per heavy atom. The van der Waals surface area contributed by atoms with Crippen LogP contribution in [0.5, 0.6) is 0 Å². The highest BCUT2D eigenvalue weighted by molar-refractivity contribution is 4.90. The van der Waals surface area contributed by atoms with E-state index in [9.17, 15) is 30.9 Å². The lowest BCUT2D eigenvalue weighted by molar-refractivity contribution is -0.427. The van der Waals surface area contributed by atoms with E-state index in [1.165, 1.54) is 4.94 Å². The van der Waals surface area contributed by atoms with Crippen LogP contribution < -0.4 is 0 Å². The molecule has 0 aliphatic carbocycles. The minimum absolute atomic E-state index is 1.38. The Morgan fingerprint density at radius 3 is 1.45 bits per heavy atom. The molecule has 0 fully saturated rings. The van der Waals surface area contributed by atoms with Crippen LogP contribution >= 0.6 is 0 Å². The number of rotatable bonds is 3. The molecule has 0 aliphatic heterocycles. The molecule has 0 aromatic heterocycles. The highest BCUT2D eigenvalue weighted by Gasteiger charge is 2.67. The molecule has 0 aromatic carbocycles. The fourth-order valence-electron chi connectivity index (χ4n) is 0.158. The first-order valence-electron chi connectivity index (χ1n) is 1.99. The van der Waals surface area contributed by atoms with E-state index in [1.807, 2.05) is 0 Å². The van der Waals surface area contributed by atoms with Gasteiger partial charge in [-0.25, -0.2) is 0 Å². The lowest BCUT2D eigenvalue weighted by Crippen LogP contribution is -2.43. The van der Waals surface area contributed by atoms with Gasteiger partial charge in [-0.2, -0.15) is 26.3 Å². The molecule has 0 rings (SSSR count). The van der Waals surface area contributed by atoms with Gasteiger partial charge in [0.2, 0.25) is 0 Å². The van der Waals surface area contributed by atoms with E-state index in [1.54, 1.807) is 0 Å². The summed E-state index contributed by atoms with van der Waals surface area (Å²) >= 11 is 0. The van der Waals surface area contributed by atoms with Crippen molar-refractivity contribution < 1.29 is 35.8 Å². The molecule has 0 atom stereocenters. The van der Waals surface area contributed by atoms with Crippen LogP contribution in [0.3, 0.4) is 0 Å². The van der Waals surface area contributed by atoms with E-state index >= 15 is 0 Å². The molecule has 67 valence electrons. The van der Waals surface area contributed by atoms with E-state index in [2.05, 4.69) is 0 Å². The van der Waals surface area contributed by atoms with Gasteiger partial charge >= 0.3 is 18.5 Å². The Labute approximate surface area is 55.6 Å². The molecule has 8 heteroatoms. The van der Waals surface area contributed by atoms with Crippen molar-refractivity contribution in [3.05, 3.63) is 6.43 Å². The highest BCUT2D eigenvalue weighted by atomic mass is 19.4. The van der Waals surface area contributed by atoms with Crippen LogP contribution in [0.4, 0.5) is 30.9 Å². The highest BCUT2D eigenvalue weighted by Crippen LogP contribution is 2.43. The molecule has 0 aromatic rings. The molecule has 0 N–H and O–H groups in total. The van der Waals surface area contributed by atoms with Crippen LogP contribution in [-0.4, -0.2) is 12.0 Å². The predicted octanol–water partition coefficient (Wildman–Crippen LogP) is 2.54. The Balaban J connectivity index is 4.53. The van der Waals surface area contributed by atoms with E-state index in [0.717, 1.165) is 0 Å². The minimum Gasteiger partial charge on any atom is -0.192 e. The molecule has 11 heavy (non-hydrogen) atoms. The first-order chi connectivity index (χ1) is 4.75. The molecular weight excluding hydrogens is 185 g/mol. The third-order valence-corrected chi connectivity index (χ3v) is 0.700. The van der Waals surface area contributed by atoms with Gasteiger partial charge < -0.3 is 0 Å². The average molecular weight is 185 g/mol.